The zero-order chi connectivity index (χ0) is 17.7. The molecule has 1 amide bonds. The minimum absolute atomic E-state index is 0.183. The number of carbonyl (C=O) groups excluding carboxylic acids is 2. The lowest BCUT2D eigenvalue weighted by molar-refractivity contribution is 0.0531. The first-order valence-corrected chi connectivity index (χ1v) is 9.46. The molecule has 1 N–H and O–H groups in total. The number of thioether (sulfide) groups is 1. The van der Waals surface area contributed by atoms with Gasteiger partial charge in [0.25, 0.3) is 5.91 Å². The van der Waals surface area contributed by atoms with Crippen LogP contribution >= 0.6 is 23.1 Å². The molecule has 0 saturated heterocycles. The van der Waals surface area contributed by atoms with Crippen molar-refractivity contribution in [1.82, 2.24) is 0 Å². The molecule has 1 aromatic heterocycles. The molecule has 0 bridgehead atoms. The van der Waals surface area contributed by atoms with Crippen LogP contribution in [0.15, 0.2) is 35.2 Å². The normalized spacial score (nSPS) is 10.7. The van der Waals surface area contributed by atoms with E-state index in [-0.39, 0.29) is 11.9 Å². The number of hydrogen-bond donors (Lipinski definition) is 1. The van der Waals surface area contributed by atoms with Crippen LogP contribution in [0.1, 0.15) is 46.4 Å². The lowest BCUT2D eigenvalue weighted by atomic mass is 10.2. The van der Waals surface area contributed by atoms with Gasteiger partial charge in [-0.05, 0) is 43.7 Å². The van der Waals surface area contributed by atoms with Crippen LogP contribution in [0.2, 0.25) is 0 Å². The SMILES string of the molecule is CCOC(=O)c1sc(NC(=O)c2cccc(SC(C)C)c2)cc1C. The summed E-state index contributed by atoms with van der Waals surface area (Å²) in [6, 6.07) is 9.33. The van der Waals surface area contributed by atoms with Gasteiger partial charge < -0.3 is 10.1 Å². The molecule has 4 nitrogen and oxygen atoms in total. The highest BCUT2D eigenvalue weighted by molar-refractivity contribution is 7.99. The smallest absolute Gasteiger partial charge is 0.348 e. The Hall–Kier alpha value is -1.79. The summed E-state index contributed by atoms with van der Waals surface area (Å²) in [5.74, 6) is -0.534. The second-order valence-corrected chi connectivity index (χ2v) is 8.19. The molecule has 1 heterocycles. The molecule has 0 aliphatic heterocycles. The summed E-state index contributed by atoms with van der Waals surface area (Å²) in [7, 11) is 0. The summed E-state index contributed by atoms with van der Waals surface area (Å²) in [6.07, 6.45) is 0. The highest BCUT2D eigenvalue weighted by Crippen LogP contribution is 2.28. The molecule has 1 aromatic carbocycles. The minimum atomic E-state index is -0.351. The molecule has 0 unspecified atom stereocenters. The van der Waals surface area contributed by atoms with Crippen LogP contribution in [0.3, 0.4) is 0 Å². The van der Waals surface area contributed by atoms with Gasteiger partial charge in [-0.3, -0.25) is 4.79 Å². The standard InChI is InChI=1S/C18H21NO3S2/c1-5-22-18(21)16-12(4)9-15(24-16)19-17(20)13-7-6-8-14(10-13)23-11(2)3/h6-11H,5H2,1-4H3,(H,19,20). The first-order valence-electron chi connectivity index (χ1n) is 7.76. The van der Waals surface area contributed by atoms with Gasteiger partial charge in [0.2, 0.25) is 0 Å². The van der Waals surface area contributed by atoms with E-state index in [0.717, 1.165) is 10.5 Å². The molecule has 0 spiro atoms. The number of thiophene rings is 1. The van der Waals surface area contributed by atoms with Crippen molar-refractivity contribution in [3.05, 3.63) is 46.3 Å². The summed E-state index contributed by atoms with van der Waals surface area (Å²) in [5, 5.41) is 3.95. The number of anilines is 1. The number of benzene rings is 1. The molecule has 0 atom stereocenters. The van der Waals surface area contributed by atoms with Crippen molar-refractivity contribution >= 4 is 40.0 Å². The number of hydrogen-bond acceptors (Lipinski definition) is 5. The number of esters is 1. The van der Waals surface area contributed by atoms with Gasteiger partial charge >= 0.3 is 5.97 Å². The van der Waals surface area contributed by atoms with Crippen LogP contribution in [0.4, 0.5) is 5.00 Å². The molecule has 2 aromatic rings. The van der Waals surface area contributed by atoms with Crippen LogP contribution in [0, 0.1) is 6.92 Å². The van der Waals surface area contributed by atoms with Gasteiger partial charge in [-0.25, -0.2) is 4.79 Å². The average Bonchev–Trinajstić information content (AvgIpc) is 2.87. The van der Waals surface area contributed by atoms with E-state index >= 15 is 0 Å². The van der Waals surface area contributed by atoms with E-state index < -0.39 is 0 Å². The molecule has 128 valence electrons. The van der Waals surface area contributed by atoms with Gasteiger partial charge in [0, 0.05) is 15.7 Å². The Bertz CT molecular complexity index is 738. The third-order valence-corrected chi connectivity index (χ3v) is 5.21. The first kappa shape index (κ1) is 18.5. The van der Waals surface area contributed by atoms with Crippen LogP contribution in [-0.2, 0) is 4.74 Å². The van der Waals surface area contributed by atoms with Gasteiger partial charge in [-0.2, -0.15) is 0 Å². The number of amides is 1. The Labute approximate surface area is 150 Å². The second-order valence-electron chi connectivity index (χ2n) is 5.49. The summed E-state index contributed by atoms with van der Waals surface area (Å²) >= 11 is 2.95. The zero-order valence-corrected chi connectivity index (χ0v) is 15.8. The average molecular weight is 364 g/mol. The van der Waals surface area contributed by atoms with Crippen molar-refractivity contribution in [3.63, 3.8) is 0 Å². The second kappa shape index (κ2) is 8.35. The quantitative estimate of drug-likeness (QED) is 0.580. The van der Waals surface area contributed by atoms with E-state index in [9.17, 15) is 9.59 Å². The van der Waals surface area contributed by atoms with E-state index in [1.807, 2.05) is 25.1 Å². The molecule has 0 aliphatic rings. The Morgan fingerprint density at radius 2 is 2.04 bits per heavy atom. The van der Waals surface area contributed by atoms with Gasteiger partial charge in [-0.1, -0.05) is 19.9 Å². The molecule has 0 saturated carbocycles. The van der Waals surface area contributed by atoms with E-state index in [2.05, 4.69) is 19.2 Å². The fourth-order valence-corrected chi connectivity index (χ4v) is 3.97. The number of aryl methyl sites for hydroxylation is 1. The predicted molar refractivity (Wildman–Crippen MR) is 100 cm³/mol. The Morgan fingerprint density at radius 3 is 2.71 bits per heavy atom. The monoisotopic (exact) mass is 363 g/mol. The van der Waals surface area contributed by atoms with Crippen LogP contribution < -0.4 is 5.32 Å². The maximum Gasteiger partial charge on any atom is 0.348 e. The van der Waals surface area contributed by atoms with E-state index in [1.54, 1.807) is 30.8 Å². The van der Waals surface area contributed by atoms with Crippen molar-refractivity contribution in [2.45, 2.75) is 37.8 Å². The fourth-order valence-electron chi connectivity index (χ4n) is 2.11. The molecule has 0 fully saturated rings. The summed E-state index contributed by atoms with van der Waals surface area (Å²) in [4.78, 5) is 25.9. The number of rotatable bonds is 6. The summed E-state index contributed by atoms with van der Waals surface area (Å²) < 4.78 is 5.02. The number of ether oxygens (including phenoxy) is 1. The number of carbonyl (C=O) groups is 2. The Morgan fingerprint density at radius 1 is 1.29 bits per heavy atom. The molecular formula is C18H21NO3S2. The Balaban J connectivity index is 2.12. The molecule has 2 rings (SSSR count). The van der Waals surface area contributed by atoms with Gasteiger partial charge in [-0.15, -0.1) is 23.1 Å². The molecule has 6 heteroatoms. The van der Waals surface area contributed by atoms with Gasteiger partial charge in [0.1, 0.15) is 4.88 Å². The van der Waals surface area contributed by atoms with Gasteiger partial charge in [0.05, 0.1) is 11.6 Å². The van der Waals surface area contributed by atoms with Crippen molar-refractivity contribution in [2.24, 2.45) is 0 Å². The zero-order valence-electron chi connectivity index (χ0n) is 14.2. The third-order valence-electron chi connectivity index (χ3n) is 3.08. The lowest BCUT2D eigenvalue weighted by Gasteiger charge is -2.07. The topological polar surface area (TPSA) is 55.4 Å². The molecule has 0 radical (unpaired) electrons. The predicted octanol–water partition coefficient (Wildman–Crippen LogP) is 4.99. The fraction of sp³-hybridized carbons (Fsp3) is 0.333. The lowest BCUT2D eigenvalue weighted by Crippen LogP contribution is -2.10. The Kier molecular flexibility index (Phi) is 6.45. The van der Waals surface area contributed by atoms with Crippen molar-refractivity contribution in [1.29, 1.82) is 0 Å². The largest absolute Gasteiger partial charge is 0.462 e. The summed E-state index contributed by atoms with van der Waals surface area (Å²) in [6.45, 7) is 8.16. The van der Waals surface area contributed by atoms with Crippen LogP contribution in [-0.4, -0.2) is 23.7 Å². The van der Waals surface area contributed by atoms with E-state index in [4.69, 9.17) is 4.74 Å². The molecular weight excluding hydrogens is 342 g/mol. The van der Waals surface area contributed by atoms with Crippen molar-refractivity contribution in [2.75, 3.05) is 11.9 Å². The van der Waals surface area contributed by atoms with E-state index in [0.29, 0.717) is 27.3 Å². The van der Waals surface area contributed by atoms with Crippen LogP contribution in [0.25, 0.3) is 0 Å². The van der Waals surface area contributed by atoms with Gasteiger partial charge in [0.15, 0.2) is 0 Å². The van der Waals surface area contributed by atoms with Crippen molar-refractivity contribution in [3.8, 4) is 0 Å². The third kappa shape index (κ3) is 4.85. The first-order chi connectivity index (χ1) is 11.4. The molecule has 0 aliphatic carbocycles. The van der Waals surface area contributed by atoms with E-state index in [1.165, 1.54) is 11.3 Å². The van der Waals surface area contributed by atoms with Crippen molar-refractivity contribution < 1.29 is 14.3 Å². The maximum atomic E-state index is 12.4. The van der Waals surface area contributed by atoms with Crippen LogP contribution in [0.5, 0.6) is 0 Å². The number of nitrogens with one attached hydrogen (secondary N) is 1. The minimum Gasteiger partial charge on any atom is -0.462 e. The summed E-state index contributed by atoms with van der Waals surface area (Å²) in [5.41, 5.74) is 1.40. The molecule has 24 heavy (non-hydrogen) atoms. The maximum absolute atomic E-state index is 12.4. The highest BCUT2D eigenvalue weighted by Gasteiger charge is 2.16. The highest BCUT2D eigenvalue weighted by atomic mass is 32.2.